The Morgan fingerprint density at radius 2 is 2.14 bits per heavy atom. The van der Waals surface area contributed by atoms with Crippen LogP contribution in [0.3, 0.4) is 0 Å². The number of alkyl halides is 2. The summed E-state index contributed by atoms with van der Waals surface area (Å²) in [6, 6.07) is 0. The zero-order valence-corrected chi connectivity index (χ0v) is 8.63. The number of rotatable bonds is 2. The molecule has 0 atom stereocenters. The van der Waals surface area contributed by atoms with Gasteiger partial charge in [-0.1, -0.05) is 0 Å². The monoisotopic (exact) mass is 317 g/mol. The van der Waals surface area contributed by atoms with Crippen LogP contribution in [-0.4, -0.2) is 16.1 Å². The minimum atomic E-state index is -3.19. The molecule has 1 rings (SSSR count). The van der Waals surface area contributed by atoms with E-state index in [1.54, 1.807) is 0 Å². The van der Waals surface area contributed by atoms with Crippen LogP contribution in [0.4, 0.5) is 13.2 Å². The average molecular weight is 317 g/mol. The third-order valence-electron chi connectivity index (χ3n) is 1.45. The molecule has 0 aliphatic heterocycles. The number of aromatic nitrogens is 1. The van der Waals surface area contributed by atoms with E-state index >= 15 is 0 Å². The van der Waals surface area contributed by atoms with Crippen LogP contribution in [0, 0.1) is 9.52 Å². The van der Waals surface area contributed by atoms with E-state index in [-0.39, 0.29) is 3.57 Å². The van der Waals surface area contributed by atoms with Crippen LogP contribution >= 0.6 is 22.6 Å². The van der Waals surface area contributed by atoms with Crippen LogP contribution in [0.5, 0.6) is 0 Å². The standard InChI is InChI=1S/C7H3F3INO2/c8-5(9)4-3(7(13)14)2(11)1-12-6(4)10/h1,5H,(H,13,14). The second-order valence-electron chi connectivity index (χ2n) is 2.29. The van der Waals surface area contributed by atoms with Gasteiger partial charge >= 0.3 is 5.97 Å². The van der Waals surface area contributed by atoms with Gasteiger partial charge in [0.25, 0.3) is 6.43 Å². The van der Waals surface area contributed by atoms with Gasteiger partial charge in [-0.2, -0.15) is 4.39 Å². The van der Waals surface area contributed by atoms with E-state index in [4.69, 9.17) is 5.11 Å². The fraction of sp³-hybridized carbons (Fsp3) is 0.143. The first kappa shape index (κ1) is 11.2. The van der Waals surface area contributed by atoms with Crippen molar-refractivity contribution in [2.75, 3.05) is 0 Å². The average Bonchev–Trinajstić information content (AvgIpc) is 2.07. The lowest BCUT2D eigenvalue weighted by Gasteiger charge is -2.06. The summed E-state index contributed by atoms with van der Waals surface area (Å²) in [6.45, 7) is 0. The molecule has 0 fully saturated rings. The normalized spacial score (nSPS) is 10.6. The highest BCUT2D eigenvalue weighted by Gasteiger charge is 2.25. The number of nitrogens with zero attached hydrogens (tertiary/aromatic N) is 1. The molecule has 0 amide bonds. The van der Waals surface area contributed by atoms with Crippen LogP contribution in [0.2, 0.25) is 0 Å². The van der Waals surface area contributed by atoms with Crippen molar-refractivity contribution in [3.8, 4) is 0 Å². The van der Waals surface area contributed by atoms with Crippen LogP contribution in [-0.2, 0) is 0 Å². The Bertz CT molecular complexity index is 383. The molecule has 1 heterocycles. The predicted molar refractivity (Wildman–Crippen MR) is 48.8 cm³/mol. The molecule has 3 nitrogen and oxygen atoms in total. The molecule has 0 radical (unpaired) electrons. The lowest BCUT2D eigenvalue weighted by atomic mass is 10.1. The first-order chi connectivity index (χ1) is 6.45. The lowest BCUT2D eigenvalue weighted by Crippen LogP contribution is -2.09. The maximum atomic E-state index is 12.8. The molecule has 1 aromatic rings. The van der Waals surface area contributed by atoms with E-state index in [2.05, 4.69) is 4.98 Å². The summed E-state index contributed by atoms with van der Waals surface area (Å²) >= 11 is 1.51. The van der Waals surface area contributed by atoms with Crippen molar-refractivity contribution in [2.45, 2.75) is 6.43 Å². The first-order valence-electron chi connectivity index (χ1n) is 3.30. The summed E-state index contributed by atoms with van der Waals surface area (Å²) in [5.41, 5.74) is -1.89. The molecular formula is C7H3F3INO2. The number of hydrogen-bond donors (Lipinski definition) is 1. The second-order valence-corrected chi connectivity index (χ2v) is 3.45. The minimum absolute atomic E-state index is 0.0215. The summed E-state index contributed by atoms with van der Waals surface area (Å²) in [5, 5.41) is 8.59. The van der Waals surface area contributed by atoms with Crippen molar-refractivity contribution in [2.24, 2.45) is 0 Å². The number of pyridine rings is 1. The van der Waals surface area contributed by atoms with Crippen molar-refractivity contribution < 1.29 is 23.1 Å². The quantitative estimate of drug-likeness (QED) is 0.673. The van der Waals surface area contributed by atoms with Crippen LogP contribution < -0.4 is 0 Å². The van der Waals surface area contributed by atoms with E-state index in [1.807, 2.05) is 0 Å². The van der Waals surface area contributed by atoms with Gasteiger partial charge in [-0.3, -0.25) is 0 Å². The highest BCUT2D eigenvalue weighted by atomic mass is 127. The predicted octanol–water partition coefficient (Wildman–Crippen LogP) is 2.46. The Labute approximate surface area is 90.1 Å². The van der Waals surface area contributed by atoms with Gasteiger partial charge in [-0.15, -0.1) is 0 Å². The van der Waals surface area contributed by atoms with Gasteiger partial charge in [0.15, 0.2) is 0 Å². The smallest absolute Gasteiger partial charge is 0.337 e. The van der Waals surface area contributed by atoms with Crippen LogP contribution in [0.15, 0.2) is 6.20 Å². The van der Waals surface area contributed by atoms with E-state index in [0.717, 1.165) is 6.20 Å². The SMILES string of the molecule is O=C(O)c1c(I)cnc(F)c1C(F)F. The Kier molecular flexibility index (Phi) is 3.29. The van der Waals surface area contributed by atoms with Crippen molar-refractivity contribution in [3.05, 3.63) is 26.8 Å². The van der Waals surface area contributed by atoms with Gasteiger partial charge < -0.3 is 5.11 Å². The topological polar surface area (TPSA) is 50.2 Å². The molecule has 0 bridgehead atoms. The molecule has 14 heavy (non-hydrogen) atoms. The molecule has 1 aromatic heterocycles. The van der Waals surface area contributed by atoms with Gasteiger partial charge in [0.1, 0.15) is 0 Å². The zero-order chi connectivity index (χ0) is 10.9. The number of hydrogen-bond acceptors (Lipinski definition) is 2. The third-order valence-corrected chi connectivity index (χ3v) is 2.27. The van der Waals surface area contributed by atoms with Gasteiger partial charge in [0.05, 0.1) is 11.1 Å². The summed E-state index contributed by atoms with van der Waals surface area (Å²) in [4.78, 5) is 13.6. The Morgan fingerprint density at radius 3 is 2.50 bits per heavy atom. The van der Waals surface area contributed by atoms with Gasteiger partial charge in [0.2, 0.25) is 5.95 Å². The summed E-state index contributed by atoms with van der Waals surface area (Å²) in [6.07, 6.45) is -2.30. The maximum Gasteiger partial charge on any atom is 0.337 e. The molecule has 0 aliphatic rings. The number of carboxylic acid groups (broad SMARTS) is 1. The fourth-order valence-corrected chi connectivity index (χ4v) is 1.56. The second kappa shape index (κ2) is 4.11. The van der Waals surface area contributed by atoms with E-state index in [0.29, 0.717) is 0 Å². The maximum absolute atomic E-state index is 12.8. The zero-order valence-electron chi connectivity index (χ0n) is 6.47. The molecule has 0 aliphatic carbocycles. The molecule has 0 spiro atoms. The highest BCUT2D eigenvalue weighted by molar-refractivity contribution is 14.1. The molecule has 1 N–H and O–H groups in total. The number of carboxylic acids is 1. The number of carbonyl (C=O) groups is 1. The molecular weight excluding hydrogens is 314 g/mol. The van der Waals surface area contributed by atoms with Gasteiger partial charge in [0, 0.05) is 9.77 Å². The summed E-state index contributed by atoms with van der Waals surface area (Å²) < 4.78 is 37.3. The first-order valence-corrected chi connectivity index (χ1v) is 4.38. The van der Waals surface area contributed by atoms with E-state index in [9.17, 15) is 18.0 Å². The van der Waals surface area contributed by atoms with Crippen LogP contribution in [0.25, 0.3) is 0 Å². The third kappa shape index (κ3) is 1.97. The largest absolute Gasteiger partial charge is 0.478 e. The Balaban J connectivity index is 3.50. The fourth-order valence-electron chi connectivity index (χ4n) is 0.896. The highest BCUT2D eigenvalue weighted by Crippen LogP contribution is 2.27. The number of halogens is 4. The Morgan fingerprint density at radius 1 is 1.57 bits per heavy atom. The van der Waals surface area contributed by atoms with Crippen LogP contribution in [0.1, 0.15) is 22.3 Å². The molecule has 0 aromatic carbocycles. The molecule has 7 heteroatoms. The van der Waals surface area contributed by atoms with Crippen molar-refractivity contribution in [1.82, 2.24) is 4.98 Å². The summed E-state index contributed by atoms with van der Waals surface area (Å²) in [7, 11) is 0. The van der Waals surface area contributed by atoms with Crippen molar-refractivity contribution >= 4 is 28.6 Å². The van der Waals surface area contributed by atoms with E-state index in [1.165, 1.54) is 22.6 Å². The molecule has 0 saturated heterocycles. The molecule has 0 saturated carbocycles. The van der Waals surface area contributed by atoms with E-state index < -0.39 is 29.5 Å². The summed E-state index contributed by atoms with van der Waals surface area (Å²) in [5.74, 6) is -3.04. The van der Waals surface area contributed by atoms with Gasteiger partial charge in [-0.05, 0) is 22.6 Å². The lowest BCUT2D eigenvalue weighted by molar-refractivity contribution is 0.0680. The van der Waals surface area contributed by atoms with Crippen molar-refractivity contribution in [1.29, 1.82) is 0 Å². The number of aromatic carboxylic acids is 1. The van der Waals surface area contributed by atoms with Crippen molar-refractivity contribution in [3.63, 3.8) is 0 Å². The molecule has 76 valence electrons. The molecule has 0 unspecified atom stereocenters. The Hall–Kier alpha value is -0.860. The van der Waals surface area contributed by atoms with Gasteiger partial charge in [-0.25, -0.2) is 18.6 Å². The minimum Gasteiger partial charge on any atom is -0.478 e.